The lowest BCUT2D eigenvalue weighted by Crippen LogP contribution is -2.53. The summed E-state index contributed by atoms with van der Waals surface area (Å²) in [4.78, 5) is 18.7. The van der Waals surface area contributed by atoms with Crippen LogP contribution in [0.15, 0.2) is 36.3 Å². The van der Waals surface area contributed by atoms with Crippen LogP contribution in [0.5, 0.6) is 0 Å². The smallest absolute Gasteiger partial charge is 0.226 e. The number of fused-ring (bicyclic) bond motifs is 5. The fraction of sp³-hybridized carbons (Fsp3) is 0.600. The first-order valence-corrected chi connectivity index (χ1v) is 10.9. The first kappa shape index (κ1) is 18.1. The van der Waals surface area contributed by atoms with Crippen LogP contribution in [0.4, 0.5) is 0 Å². The summed E-state index contributed by atoms with van der Waals surface area (Å²) in [6.07, 6.45) is 15.5. The Balaban J connectivity index is 1.49. The number of aryl methyl sites for hydroxylation is 1. The highest BCUT2D eigenvalue weighted by atomic mass is 16.2. The number of likely N-dealkylation sites (tertiary alicyclic amines) is 1. The molecule has 0 N–H and O–H groups in total. The first-order valence-electron chi connectivity index (χ1n) is 10.9. The molecule has 28 heavy (non-hydrogen) atoms. The van der Waals surface area contributed by atoms with Gasteiger partial charge in [-0.1, -0.05) is 26.0 Å². The minimum Gasteiger partial charge on any atom is -0.319 e. The Morgan fingerprint density at radius 3 is 2.68 bits per heavy atom. The zero-order chi connectivity index (χ0) is 19.7. The average molecular weight is 377 g/mol. The fourth-order valence-electron chi connectivity index (χ4n) is 7.30. The molecule has 3 nitrogen and oxygen atoms in total. The maximum atomic E-state index is 12.3. The summed E-state index contributed by atoms with van der Waals surface area (Å²) < 4.78 is 0. The number of carbonyl (C=O) groups excluding carboxylic acids is 1. The molecule has 1 aliphatic heterocycles. The number of aromatic nitrogens is 1. The van der Waals surface area contributed by atoms with Crippen LogP contribution in [0.2, 0.25) is 0 Å². The molecule has 148 valence electrons. The molecule has 1 saturated heterocycles. The van der Waals surface area contributed by atoms with E-state index in [0.717, 1.165) is 18.8 Å². The minimum atomic E-state index is 0.167. The van der Waals surface area contributed by atoms with E-state index in [1.54, 1.807) is 0 Å². The number of piperidine rings is 1. The van der Waals surface area contributed by atoms with Crippen LogP contribution >= 0.6 is 0 Å². The molecule has 1 amide bonds. The molecule has 0 aromatic carbocycles. The van der Waals surface area contributed by atoms with Gasteiger partial charge >= 0.3 is 0 Å². The molecular weight excluding hydrogens is 344 g/mol. The lowest BCUT2D eigenvalue weighted by atomic mass is 9.49. The number of allylic oxidation sites excluding steroid dienone is 4. The van der Waals surface area contributed by atoms with Gasteiger partial charge in [0, 0.05) is 37.0 Å². The van der Waals surface area contributed by atoms with Crippen molar-refractivity contribution in [2.24, 2.45) is 28.6 Å². The van der Waals surface area contributed by atoms with Gasteiger partial charge < -0.3 is 4.90 Å². The van der Waals surface area contributed by atoms with Crippen molar-refractivity contribution in [2.75, 3.05) is 7.05 Å². The van der Waals surface area contributed by atoms with E-state index in [-0.39, 0.29) is 10.8 Å². The van der Waals surface area contributed by atoms with Gasteiger partial charge in [0.25, 0.3) is 0 Å². The van der Waals surface area contributed by atoms with Crippen molar-refractivity contribution in [3.8, 4) is 0 Å². The summed E-state index contributed by atoms with van der Waals surface area (Å²) in [6.45, 7) is 7.08. The molecule has 4 aliphatic rings. The van der Waals surface area contributed by atoms with E-state index in [9.17, 15) is 4.79 Å². The first-order chi connectivity index (χ1) is 13.3. The summed E-state index contributed by atoms with van der Waals surface area (Å²) >= 11 is 0. The lowest BCUT2D eigenvalue weighted by molar-refractivity contribution is -0.135. The summed E-state index contributed by atoms with van der Waals surface area (Å²) in [6, 6.07) is 2.31. The number of pyridine rings is 1. The molecule has 3 aliphatic carbocycles. The zero-order valence-corrected chi connectivity index (χ0v) is 17.7. The molecule has 2 fully saturated rings. The van der Waals surface area contributed by atoms with E-state index >= 15 is 0 Å². The van der Waals surface area contributed by atoms with E-state index in [1.165, 1.54) is 41.7 Å². The summed E-state index contributed by atoms with van der Waals surface area (Å²) in [5.41, 5.74) is 5.83. The van der Waals surface area contributed by atoms with Crippen molar-refractivity contribution in [1.82, 2.24) is 9.88 Å². The van der Waals surface area contributed by atoms with Crippen LogP contribution in [0, 0.1) is 35.5 Å². The van der Waals surface area contributed by atoms with Gasteiger partial charge in [-0.15, -0.1) is 0 Å². The number of hydrogen-bond acceptors (Lipinski definition) is 2. The number of carbonyl (C=O) groups is 1. The Morgan fingerprint density at radius 1 is 1.07 bits per heavy atom. The fourth-order valence-corrected chi connectivity index (χ4v) is 7.30. The van der Waals surface area contributed by atoms with Gasteiger partial charge in [0.15, 0.2) is 0 Å². The molecule has 5 atom stereocenters. The van der Waals surface area contributed by atoms with E-state index < -0.39 is 0 Å². The van der Waals surface area contributed by atoms with Gasteiger partial charge in [-0.3, -0.25) is 9.78 Å². The highest BCUT2D eigenvalue weighted by molar-refractivity contribution is 5.79. The quantitative estimate of drug-likeness (QED) is 0.660. The van der Waals surface area contributed by atoms with Gasteiger partial charge in [-0.05, 0) is 85.0 Å². The third kappa shape index (κ3) is 2.34. The molecule has 5 rings (SSSR count). The molecule has 0 radical (unpaired) electrons. The normalized spacial score (nSPS) is 39.6. The Labute approximate surface area is 168 Å². The minimum absolute atomic E-state index is 0.167. The highest BCUT2D eigenvalue weighted by Gasteiger charge is 2.57. The third-order valence-electron chi connectivity index (χ3n) is 8.78. The van der Waals surface area contributed by atoms with Crippen LogP contribution in [0.1, 0.15) is 63.5 Å². The Hall–Kier alpha value is -1.90. The Bertz CT molecular complexity index is 900. The zero-order valence-electron chi connectivity index (χ0n) is 17.7. The maximum absolute atomic E-state index is 12.3. The van der Waals surface area contributed by atoms with Crippen molar-refractivity contribution >= 4 is 11.5 Å². The van der Waals surface area contributed by atoms with E-state index in [0.29, 0.717) is 24.2 Å². The van der Waals surface area contributed by atoms with E-state index in [2.05, 4.69) is 50.2 Å². The molecule has 0 spiro atoms. The largest absolute Gasteiger partial charge is 0.319 e. The van der Waals surface area contributed by atoms with Crippen LogP contribution in [0.3, 0.4) is 0 Å². The number of nitrogens with zero attached hydrogens (tertiary/aromatic N) is 2. The van der Waals surface area contributed by atoms with Crippen molar-refractivity contribution in [3.63, 3.8) is 0 Å². The predicted molar refractivity (Wildman–Crippen MR) is 112 cm³/mol. The van der Waals surface area contributed by atoms with Crippen molar-refractivity contribution in [2.45, 2.75) is 59.3 Å². The van der Waals surface area contributed by atoms with Gasteiger partial charge in [0.2, 0.25) is 5.91 Å². The standard InChI is InChI=1S/C25H32N2O/c1-16-13-17(15-26-14-16)19-6-7-20-18-5-8-22-25(3,12-10-23(28)27(22)4)21(18)9-11-24(19,20)2/h6,8,13-15,18,20-21H,5,7,9-12H2,1-4H3/t18-,20-,21-,24+,25+/m0/s1. The maximum Gasteiger partial charge on any atom is 0.226 e. The van der Waals surface area contributed by atoms with Gasteiger partial charge in [0.1, 0.15) is 0 Å². The van der Waals surface area contributed by atoms with Crippen molar-refractivity contribution in [3.05, 3.63) is 47.4 Å². The molecule has 1 aromatic heterocycles. The molecule has 1 saturated carbocycles. The molecule has 3 heteroatoms. The second-order valence-corrected chi connectivity index (χ2v) is 10.1. The number of rotatable bonds is 1. The Morgan fingerprint density at radius 2 is 1.89 bits per heavy atom. The summed E-state index contributed by atoms with van der Waals surface area (Å²) in [7, 11) is 1.98. The second kappa shape index (κ2) is 6.05. The van der Waals surface area contributed by atoms with Gasteiger partial charge in [0.05, 0.1) is 0 Å². The van der Waals surface area contributed by atoms with Gasteiger partial charge in [-0.25, -0.2) is 0 Å². The SMILES string of the molecule is Cc1cncc(C2=CC[C@H]3[C@@H]4CC=C5N(C)C(=O)CC[C@]5(C)[C@H]4CC[C@]23C)c1. The topological polar surface area (TPSA) is 33.2 Å². The number of amides is 1. The second-order valence-electron chi connectivity index (χ2n) is 10.1. The van der Waals surface area contributed by atoms with Crippen LogP contribution in [-0.2, 0) is 4.79 Å². The lowest BCUT2D eigenvalue weighted by Gasteiger charge is -2.58. The molecule has 1 aromatic rings. The monoisotopic (exact) mass is 376 g/mol. The van der Waals surface area contributed by atoms with Crippen LogP contribution in [-0.4, -0.2) is 22.8 Å². The van der Waals surface area contributed by atoms with E-state index in [1.807, 2.05) is 18.1 Å². The van der Waals surface area contributed by atoms with Crippen LogP contribution < -0.4 is 0 Å². The molecule has 2 heterocycles. The van der Waals surface area contributed by atoms with Gasteiger partial charge in [-0.2, -0.15) is 0 Å². The predicted octanol–water partition coefficient (Wildman–Crippen LogP) is 5.37. The Kier molecular flexibility index (Phi) is 3.92. The third-order valence-corrected chi connectivity index (χ3v) is 8.78. The van der Waals surface area contributed by atoms with Crippen LogP contribution in [0.25, 0.3) is 5.57 Å². The number of hydrogen-bond donors (Lipinski definition) is 0. The average Bonchev–Trinajstić information content (AvgIpc) is 3.02. The van der Waals surface area contributed by atoms with E-state index in [4.69, 9.17) is 0 Å². The van der Waals surface area contributed by atoms with Crippen molar-refractivity contribution in [1.29, 1.82) is 0 Å². The summed E-state index contributed by atoms with van der Waals surface area (Å²) in [5.74, 6) is 2.42. The molecule has 0 bridgehead atoms. The summed E-state index contributed by atoms with van der Waals surface area (Å²) in [5, 5.41) is 0. The molecular formula is C25H32N2O. The molecule has 0 unspecified atom stereocenters. The highest BCUT2D eigenvalue weighted by Crippen LogP contribution is 2.65. The van der Waals surface area contributed by atoms with Crippen molar-refractivity contribution < 1.29 is 4.79 Å².